The van der Waals surface area contributed by atoms with E-state index in [0.29, 0.717) is 11.3 Å². The van der Waals surface area contributed by atoms with Crippen LogP contribution in [0.5, 0.6) is 0 Å². The van der Waals surface area contributed by atoms with Gasteiger partial charge in [0.25, 0.3) is 11.8 Å². The van der Waals surface area contributed by atoms with E-state index in [1.54, 1.807) is 39.0 Å². The molecule has 1 N–H and O–H groups in total. The first-order chi connectivity index (χ1) is 14.1. The van der Waals surface area contributed by atoms with Crippen molar-refractivity contribution < 1.29 is 29.0 Å². The molecule has 1 aromatic rings. The van der Waals surface area contributed by atoms with Crippen molar-refractivity contribution in [2.75, 3.05) is 31.1 Å². The van der Waals surface area contributed by atoms with Gasteiger partial charge in [-0.3, -0.25) is 9.59 Å². The van der Waals surface area contributed by atoms with Crippen LogP contribution in [-0.4, -0.2) is 71.8 Å². The number of carbonyl (C=O) groups is 3. The molecule has 0 spiro atoms. The molecule has 0 radical (unpaired) electrons. The van der Waals surface area contributed by atoms with Crippen LogP contribution in [-0.2, 0) is 19.1 Å². The van der Waals surface area contributed by atoms with Crippen LogP contribution in [0.3, 0.4) is 0 Å². The Morgan fingerprint density at radius 1 is 1.20 bits per heavy atom. The molecule has 2 amide bonds. The summed E-state index contributed by atoms with van der Waals surface area (Å²) in [4.78, 5) is 41.3. The van der Waals surface area contributed by atoms with E-state index in [0.717, 1.165) is 31.5 Å². The maximum Gasteiger partial charge on any atom is 0.338 e. The van der Waals surface area contributed by atoms with Gasteiger partial charge < -0.3 is 24.4 Å². The maximum atomic E-state index is 13.0. The van der Waals surface area contributed by atoms with E-state index in [-0.39, 0.29) is 19.1 Å². The predicted octanol–water partition coefficient (Wildman–Crippen LogP) is 1.67. The molecule has 0 aromatic heterocycles. The van der Waals surface area contributed by atoms with Crippen molar-refractivity contribution in [2.24, 2.45) is 0 Å². The van der Waals surface area contributed by atoms with Gasteiger partial charge in [-0.05, 0) is 58.2 Å². The first-order valence-electron chi connectivity index (χ1n) is 10.3. The molecule has 3 rings (SSSR count). The number of likely N-dealkylation sites (tertiary alicyclic amines) is 1. The second-order valence-corrected chi connectivity index (χ2v) is 8.76. The van der Waals surface area contributed by atoms with Gasteiger partial charge in [0.2, 0.25) is 0 Å². The third-order valence-electron chi connectivity index (χ3n) is 5.21. The highest BCUT2D eigenvalue weighted by molar-refractivity contribution is 6.02. The number of nitrogens with zero attached hydrogens (tertiary/aromatic N) is 2. The molecule has 2 fully saturated rings. The number of anilines is 1. The van der Waals surface area contributed by atoms with Crippen molar-refractivity contribution in [2.45, 2.75) is 58.3 Å². The van der Waals surface area contributed by atoms with E-state index in [2.05, 4.69) is 0 Å². The molecule has 0 aliphatic carbocycles. The van der Waals surface area contributed by atoms with Crippen LogP contribution in [0.25, 0.3) is 0 Å². The van der Waals surface area contributed by atoms with Gasteiger partial charge in [-0.25, -0.2) is 4.79 Å². The highest BCUT2D eigenvalue weighted by atomic mass is 16.6. The Hall–Kier alpha value is -2.45. The van der Waals surface area contributed by atoms with E-state index < -0.39 is 29.7 Å². The van der Waals surface area contributed by atoms with Gasteiger partial charge in [0, 0.05) is 30.9 Å². The zero-order valence-corrected chi connectivity index (χ0v) is 18.0. The quantitative estimate of drug-likeness (QED) is 0.747. The Balaban J connectivity index is 1.80. The smallest absolute Gasteiger partial charge is 0.338 e. The summed E-state index contributed by atoms with van der Waals surface area (Å²) >= 11 is 0. The van der Waals surface area contributed by atoms with Crippen LogP contribution in [0.2, 0.25) is 0 Å². The molecule has 8 heteroatoms. The summed E-state index contributed by atoms with van der Waals surface area (Å²) in [5.41, 5.74) is 1.13. The van der Waals surface area contributed by atoms with E-state index in [1.165, 1.54) is 4.90 Å². The van der Waals surface area contributed by atoms with Crippen LogP contribution in [0.4, 0.5) is 5.69 Å². The number of esters is 1. The number of ether oxygens (including phenoxy) is 2. The Morgan fingerprint density at radius 3 is 2.50 bits per heavy atom. The number of aliphatic hydroxyl groups is 1. The summed E-state index contributed by atoms with van der Waals surface area (Å²) in [5.74, 6) is -1.49. The molecule has 0 bridgehead atoms. The minimum Gasteiger partial charge on any atom is -0.458 e. The summed E-state index contributed by atoms with van der Waals surface area (Å²) in [7, 11) is 0. The lowest BCUT2D eigenvalue weighted by atomic mass is 10.0. The normalized spacial score (nSPS) is 21.0. The van der Waals surface area contributed by atoms with Gasteiger partial charge in [-0.15, -0.1) is 0 Å². The second kappa shape index (κ2) is 8.73. The number of benzene rings is 1. The predicted molar refractivity (Wildman–Crippen MR) is 110 cm³/mol. The van der Waals surface area contributed by atoms with Gasteiger partial charge in [-0.2, -0.15) is 0 Å². The summed E-state index contributed by atoms with van der Waals surface area (Å²) < 4.78 is 10.6. The molecule has 2 heterocycles. The van der Waals surface area contributed by atoms with Crippen LogP contribution >= 0.6 is 0 Å². The van der Waals surface area contributed by atoms with Crippen molar-refractivity contribution in [3.05, 3.63) is 29.3 Å². The van der Waals surface area contributed by atoms with E-state index in [9.17, 15) is 19.5 Å². The molecule has 8 nitrogen and oxygen atoms in total. The van der Waals surface area contributed by atoms with Crippen LogP contribution in [0, 0.1) is 6.92 Å². The van der Waals surface area contributed by atoms with Crippen molar-refractivity contribution in [1.29, 1.82) is 0 Å². The van der Waals surface area contributed by atoms with Gasteiger partial charge in [0.05, 0.1) is 6.61 Å². The van der Waals surface area contributed by atoms with Crippen LogP contribution in [0.1, 0.15) is 49.5 Å². The lowest BCUT2D eigenvalue weighted by Crippen LogP contribution is -2.55. The van der Waals surface area contributed by atoms with Crippen molar-refractivity contribution in [3.63, 3.8) is 0 Å². The monoisotopic (exact) mass is 418 g/mol. The van der Waals surface area contributed by atoms with Gasteiger partial charge >= 0.3 is 5.97 Å². The molecule has 2 saturated heterocycles. The highest BCUT2D eigenvalue weighted by Crippen LogP contribution is 2.26. The third-order valence-corrected chi connectivity index (χ3v) is 5.21. The largest absolute Gasteiger partial charge is 0.458 e. The number of carbonyl (C=O) groups excluding carboxylic acids is 3. The molecule has 2 aliphatic heterocycles. The molecule has 164 valence electrons. The number of aryl methyl sites for hydroxylation is 1. The second-order valence-electron chi connectivity index (χ2n) is 8.76. The SMILES string of the molecule is Cc1ccc(N2CCO[C@H]([C@@H](O)C(=O)OC(C)(C)C)C2=O)cc1C(=O)N1CCCC1. The Labute approximate surface area is 176 Å². The summed E-state index contributed by atoms with van der Waals surface area (Å²) in [6.07, 6.45) is -1.09. The standard InChI is InChI=1S/C22H30N2O6/c1-14-7-8-15(13-16(14)19(26)23-9-5-6-10-23)24-11-12-29-18(20(24)27)17(25)21(28)30-22(2,3)4/h7-8,13,17-18,25H,5-6,9-12H2,1-4H3/t17-,18-/m1/s1. The molecule has 2 atom stereocenters. The topological polar surface area (TPSA) is 96.4 Å². The molecular formula is C22H30N2O6. The number of hydrogen-bond acceptors (Lipinski definition) is 6. The highest BCUT2D eigenvalue weighted by Gasteiger charge is 2.41. The average Bonchev–Trinajstić information content (AvgIpc) is 3.21. The first kappa shape index (κ1) is 22.2. The van der Waals surface area contributed by atoms with Crippen molar-refractivity contribution in [1.82, 2.24) is 4.90 Å². The number of morpholine rings is 1. The molecule has 2 aliphatic rings. The number of hydrogen-bond donors (Lipinski definition) is 1. The number of rotatable bonds is 4. The fourth-order valence-corrected chi connectivity index (χ4v) is 3.67. The average molecular weight is 418 g/mol. The lowest BCUT2D eigenvalue weighted by molar-refractivity contribution is -0.177. The maximum absolute atomic E-state index is 13.0. The Bertz CT molecular complexity index is 825. The molecular weight excluding hydrogens is 388 g/mol. The van der Waals surface area contributed by atoms with E-state index in [1.807, 2.05) is 11.8 Å². The van der Waals surface area contributed by atoms with Crippen molar-refractivity contribution in [3.8, 4) is 0 Å². The minimum atomic E-state index is -1.73. The fourth-order valence-electron chi connectivity index (χ4n) is 3.67. The van der Waals surface area contributed by atoms with Crippen LogP contribution in [0.15, 0.2) is 18.2 Å². The van der Waals surface area contributed by atoms with Crippen LogP contribution < -0.4 is 4.90 Å². The molecule has 0 unspecified atom stereocenters. The summed E-state index contributed by atoms with van der Waals surface area (Å²) in [6.45, 7) is 8.79. The number of amides is 2. The molecule has 30 heavy (non-hydrogen) atoms. The first-order valence-corrected chi connectivity index (χ1v) is 10.3. The van der Waals surface area contributed by atoms with E-state index in [4.69, 9.17) is 9.47 Å². The lowest BCUT2D eigenvalue weighted by Gasteiger charge is -2.34. The zero-order chi connectivity index (χ0) is 22.1. The minimum absolute atomic E-state index is 0.0436. The molecule has 0 saturated carbocycles. The van der Waals surface area contributed by atoms with Gasteiger partial charge in [0.15, 0.2) is 12.2 Å². The van der Waals surface area contributed by atoms with Crippen molar-refractivity contribution >= 4 is 23.5 Å². The Morgan fingerprint density at radius 2 is 1.87 bits per heavy atom. The third kappa shape index (κ3) is 4.82. The summed E-state index contributed by atoms with van der Waals surface area (Å²) in [5, 5.41) is 10.4. The van der Waals surface area contributed by atoms with E-state index >= 15 is 0 Å². The van der Waals surface area contributed by atoms with Gasteiger partial charge in [-0.1, -0.05) is 6.07 Å². The fraction of sp³-hybridized carbons (Fsp3) is 0.591. The zero-order valence-electron chi connectivity index (χ0n) is 18.0. The Kier molecular flexibility index (Phi) is 6.47. The molecule has 1 aromatic carbocycles. The summed E-state index contributed by atoms with van der Waals surface area (Å²) in [6, 6.07) is 5.27. The van der Waals surface area contributed by atoms with Gasteiger partial charge in [0.1, 0.15) is 5.60 Å². The number of aliphatic hydroxyl groups excluding tert-OH is 1.